The lowest BCUT2D eigenvalue weighted by molar-refractivity contribution is -0.385. The Hall–Kier alpha value is -2.13. The molecule has 102 valence electrons. The predicted octanol–water partition coefficient (Wildman–Crippen LogP) is 2.17. The van der Waals surface area contributed by atoms with Gasteiger partial charge in [0.1, 0.15) is 18.4 Å². The molecule has 0 aliphatic carbocycles. The Morgan fingerprint density at radius 1 is 1.53 bits per heavy atom. The second-order valence-corrected chi connectivity index (χ2v) is 4.52. The van der Waals surface area contributed by atoms with Gasteiger partial charge in [0.25, 0.3) is 5.69 Å². The standard InChI is InChI=1S/C13H17N3O3/c1-9(2)15-11(7-14)8-19-12-4-5-13(16(17)18)10(3)6-12/h4-6,9,11,15H,8H2,1-3H3. The van der Waals surface area contributed by atoms with E-state index in [9.17, 15) is 10.1 Å². The van der Waals surface area contributed by atoms with E-state index in [2.05, 4.69) is 11.4 Å². The molecule has 0 heterocycles. The largest absolute Gasteiger partial charge is 0.491 e. The Morgan fingerprint density at radius 2 is 2.21 bits per heavy atom. The predicted molar refractivity (Wildman–Crippen MR) is 71.0 cm³/mol. The number of hydrogen-bond acceptors (Lipinski definition) is 5. The van der Waals surface area contributed by atoms with E-state index in [0.717, 1.165) is 0 Å². The number of nitrogens with zero attached hydrogens (tertiary/aromatic N) is 2. The van der Waals surface area contributed by atoms with Gasteiger partial charge >= 0.3 is 0 Å². The van der Waals surface area contributed by atoms with Crippen LogP contribution in [0.25, 0.3) is 0 Å². The van der Waals surface area contributed by atoms with Crippen LogP contribution < -0.4 is 10.1 Å². The summed E-state index contributed by atoms with van der Waals surface area (Å²) in [6.45, 7) is 5.74. The molecule has 0 fully saturated rings. The molecule has 0 amide bonds. The zero-order valence-corrected chi connectivity index (χ0v) is 11.2. The Kier molecular flexibility index (Phi) is 5.27. The van der Waals surface area contributed by atoms with Crippen molar-refractivity contribution in [3.05, 3.63) is 33.9 Å². The van der Waals surface area contributed by atoms with E-state index < -0.39 is 11.0 Å². The maximum Gasteiger partial charge on any atom is 0.272 e. The Labute approximate surface area is 112 Å². The molecule has 6 nitrogen and oxygen atoms in total. The smallest absolute Gasteiger partial charge is 0.272 e. The van der Waals surface area contributed by atoms with Crippen molar-refractivity contribution in [2.45, 2.75) is 32.9 Å². The summed E-state index contributed by atoms with van der Waals surface area (Å²) >= 11 is 0. The summed E-state index contributed by atoms with van der Waals surface area (Å²) in [5.74, 6) is 0.522. The third-order valence-electron chi connectivity index (χ3n) is 2.47. The molecule has 0 aromatic heterocycles. The van der Waals surface area contributed by atoms with Crippen LogP contribution in [0.15, 0.2) is 18.2 Å². The first kappa shape index (κ1) is 14.9. The van der Waals surface area contributed by atoms with Crippen LogP contribution in [0.5, 0.6) is 5.75 Å². The maximum atomic E-state index is 10.7. The summed E-state index contributed by atoms with van der Waals surface area (Å²) < 4.78 is 5.47. The lowest BCUT2D eigenvalue weighted by Crippen LogP contribution is -2.37. The van der Waals surface area contributed by atoms with Gasteiger partial charge in [-0.25, -0.2) is 0 Å². The van der Waals surface area contributed by atoms with Gasteiger partial charge in [-0.05, 0) is 32.9 Å². The van der Waals surface area contributed by atoms with Crippen LogP contribution in [-0.2, 0) is 0 Å². The fraction of sp³-hybridized carbons (Fsp3) is 0.462. The number of hydrogen-bond donors (Lipinski definition) is 1. The first-order chi connectivity index (χ1) is 8.93. The minimum Gasteiger partial charge on any atom is -0.491 e. The zero-order chi connectivity index (χ0) is 14.4. The number of nitrogens with one attached hydrogen (secondary N) is 1. The Morgan fingerprint density at radius 3 is 2.68 bits per heavy atom. The average Bonchev–Trinajstić information content (AvgIpc) is 2.33. The second kappa shape index (κ2) is 6.71. The van der Waals surface area contributed by atoms with Crippen molar-refractivity contribution in [1.29, 1.82) is 5.26 Å². The molecule has 6 heteroatoms. The number of nitriles is 1. The van der Waals surface area contributed by atoms with Crippen LogP contribution in [0, 0.1) is 28.4 Å². The topological polar surface area (TPSA) is 88.2 Å². The summed E-state index contributed by atoms with van der Waals surface area (Å²) in [4.78, 5) is 10.2. The first-order valence-corrected chi connectivity index (χ1v) is 5.97. The quantitative estimate of drug-likeness (QED) is 0.627. The van der Waals surface area contributed by atoms with Gasteiger partial charge in [-0.15, -0.1) is 0 Å². The van der Waals surface area contributed by atoms with E-state index in [1.165, 1.54) is 12.1 Å². The third-order valence-corrected chi connectivity index (χ3v) is 2.47. The van der Waals surface area contributed by atoms with Crippen LogP contribution in [0.4, 0.5) is 5.69 Å². The first-order valence-electron chi connectivity index (χ1n) is 5.97. The van der Waals surface area contributed by atoms with Gasteiger partial charge in [-0.1, -0.05) is 0 Å². The van der Waals surface area contributed by atoms with Crippen molar-refractivity contribution in [2.24, 2.45) is 0 Å². The fourth-order valence-corrected chi connectivity index (χ4v) is 1.63. The van der Waals surface area contributed by atoms with Gasteiger partial charge in [-0.2, -0.15) is 5.26 Å². The van der Waals surface area contributed by atoms with Crippen LogP contribution in [0.2, 0.25) is 0 Å². The van der Waals surface area contributed by atoms with Crippen LogP contribution >= 0.6 is 0 Å². The Balaban J connectivity index is 2.66. The van der Waals surface area contributed by atoms with Crippen molar-refractivity contribution in [3.63, 3.8) is 0 Å². The highest BCUT2D eigenvalue weighted by Gasteiger charge is 2.13. The van der Waals surface area contributed by atoms with Crippen molar-refractivity contribution in [2.75, 3.05) is 6.61 Å². The summed E-state index contributed by atoms with van der Waals surface area (Å²) in [7, 11) is 0. The number of nitro groups is 1. The van der Waals surface area contributed by atoms with E-state index in [4.69, 9.17) is 10.00 Å². The molecule has 0 aliphatic rings. The summed E-state index contributed by atoms with van der Waals surface area (Å²) in [6, 6.07) is 6.42. The van der Waals surface area contributed by atoms with E-state index in [-0.39, 0.29) is 18.3 Å². The van der Waals surface area contributed by atoms with Gasteiger partial charge in [0.05, 0.1) is 11.0 Å². The molecule has 1 aromatic rings. The van der Waals surface area contributed by atoms with Gasteiger partial charge in [0.2, 0.25) is 0 Å². The number of aryl methyl sites for hydroxylation is 1. The molecule has 1 N–H and O–H groups in total. The number of ether oxygens (including phenoxy) is 1. The van der Waals surface area contributed by atoms with Crippen molar-refractivity contribution >= 4 is 5.69 Å². The number of benzene rings is 1. The average molecular weight is 263 g/mol. The molecule has 0 bridgehead atoms. The number of nitro benzene ring substituents is 1. The molecule has 0 spiro atoms. The second-order valence-electron chi connectivity index (χ2n) is 4.52. The summed E-state index contributed by atoms with van der Waals surface area (Å²) in [5.41, 5.74) is 0.595. The van der Waals surface area contributed by atoms with E-state index in [1.807, 2.05) is 13.8 Å². The van der Waals surface area contributed by atoms with Crippen LogP contribution in [-0.4, -0.2) is 23.6 Å². The van der Waals surface area contributed by atoms with E-state index in [0.29, 0.717) is 11.3 Å². The van der Waals surface area contributed by atoms with Gasteiger partial charge in [0, 0.05) is 17.7 Å². The molecule has 1 atom stereocenters. The third kappa shape index (κ3) is 4.56. The minimum atomic E-state index is -0.433. The molecule has 0 saturated heterocycles. The summed E-state index contributed by atoms with van der Waals surface area (Å²) in [5, 5.41) is 22.7. The molecule has 19 heavy (non-hydrogen) atoms. The number of rotatable bonds is 6. The monoisotopic (exact) mass is 263 g/mol. The van der Waals surface area contributed by atoms with E-state index in [1.54, 1.807) is 13.0 Å². The van der Waals surface area contributed by atoms with Crippen molar-refractivity contribution in [3.8, 4) is 11.8 Å². The molecule has 0 saturated carbocycles. The van der Waals surface area contributed by atoms with Crippen molar-refractivity contribution < 1.29 is 9.66 Å². The van der Waals surface area contributed by atoms with Gasteiger partial charge < -0.3 is 4.74 Å². The molecule has 1 rings (SSSR count). The molecular weight excluding hydrogens is 246 g/mol. The molecular formula is C13H17N3O3. The molecule has 0 aliphatic heterocycles. The fourth-order valence-electron chi connectivity index (χ4n) is 1.63. The minimum absolute atomic E-state index is 0.0597. The van der Waals surface area contributed by atoms with E-state index >= 15 is 0 Å². The molecule has 0 radical (unpaired) electrons. The highest BCUT2D eigenvalue weighted by atomic mass is 16.6. The Bertz CT molecular complexity index is 494. The van der Waals surface area contributed by atoms with Gasteiger partial charge in [-0.3, -0.25) is 15.4 Å². The highest BCUT2D eigenvalue weighted by Crippen LogP contribution is 2.23. The van der Waals surface area contributed by atoms with Gasteiger partial charge in [0.15, 0.2) is 0 Å². The molecule has 1 aromatic carbocycles. The SMILES string of the molecule is Cc1cc(OCC(C#N)NC(C)C)ccc1[N+](=O)[O-]. The van der Waals surface area contributed by atoms with Crippen molar-refractivity contribution in [1.82, 2.24) is 5.32 Å². The maximum absolute atomic E-state index is 10.7. The van der Waals surface area contributed by atoms with Crippen LogP contribution in [0.3, 0.4) is 0 Å². The molecule has 1 unspecified atom stereocenters. The lowest BCUT2D eigenvalue weighted by Gasteiger charge is -2.15. The van der Waals surface area contributed by atoms with Crippen LogP contribution in [0.1, 0.15) is 19.4 Å². The summed E-state index contributed by atoms with van der Waals surface area (Å²) in [6.07, 6.45) is 0. The highest BCUT2D eigenvalue weighted by molar-refractivity contribution is 5.44. The normalized spacial score (nSPS) is 11.9. The zero-order valence-electron chi connectivity index (χ0n) is 11.2. The lowest BCUT2D eigenvalue weighted by atomic mass is 10.2.